The Morgan fingerprint density at radius 3 is 2.41 bits per heavy atom. The van der Waals surface area contributed by atoms with Gasteiger partial charge in [0.05, 0.1) is 29.4 Å². The van der Waals surface area contributed by atoms with Gasteiger partial charge in [-0.25, -0.2) is 13.1 Å². The third kappa shape index (κ3) is 5.39. The molecule has 2 aromatic rings. The molecule has 0 bridgehead atoms. The lowest BCUT2D eigenvalue weighted by Gasteiger charge is -2.37. The summed E-state index contributed by atoms with van der Waals surface area (Å²) in [6.07, 6.45) is 0.725. The van der Waals surface area contributed by atoms with Crippen LogP contribution in [-0.4, -0.2) is 84.2 Å². The van der Waals surface area contributed by atoms with Crippen LogP contribution in [0.4, 0.5) is 5.82 Å². The number of nitrogens with zero attached hydrogens (tertiary/aromatic N) is 4. The normalized spacial score (nSPS) is 22.2. The number of carbonyl (C=O) groups is 1. The van der Waals surface area contributed by atoms with E-state index >= 15 is 0 Å². The average Bonchev–Trinajstić information content (AvgIpc) is 3.32. The summed E-state index contributed by atoms with van der Waals surface area (Å²) < 4.78 is 25.3. The molecular weight excluding hydrogens is 426 g/mol. The topological polar surface area (TPSA) is 87.5 Å². The summed E-state index contributed by atoms with van der Waals surface area (Å²) in [6, 6.07) is 11.9. The first-order valence-corrected chi connectivity index (χ1v) is 13.1. The molecule has 0 aliphatic carbocycles. The number of hydrogen-bond donors (Lipinski definition) is 1. The summed E-state index contributed by atoms with van der Waals surface area (Å²) in [4.78, 5) is 17.3. The lowest BCUT2D eigenvalue weighted by atomic mass is 9.92. The van der Waals surface area contributed by atoms with E-state index in [9.17, 15) is 13.2 Å². The highest BCUT2D eigenvalue weighted by molar-refractivity contribution is 7.91. The van der Waals surface area contributed by atoms with Crippen LogP contribution in [0.5, 0.6) is 0 Å². The molecule has 1 N–H and O–H groups in total. The van der Waals surface area contributed by atoms with Gasteiger partial charge in [0.1, 0.15) is 5.82 Å². The predicted molar refractivity (Wildman–Crippen MR) is 126 cm³/mol. The number of nitrogens with one attached hydrogen (secondary N) is 1. The number of anilines is 1. The zero-order valence-electron chi connectivity index (χ0n) is 19.1. The zero-order valence-corrected chi connectivity index (χ0v) is 19.9. The number of amides is 1. The van der Waals surface area contributed by atoms with Gasteiger partial charge < -0.3 is 5.32 Å². The summed E-state index contributed by atoms with van der Waals surface area (Å²) in [5.74, 6) is 1.17. The molecule has 32 heavy (non-hydrogen) atoms. The van der Waals surface area contributed by atoms with Crippen molar-refractivity contribution in [3.05, 3.63) is 42.1 Å². The number of para-hydroxylation sites is 1. The SMILES string of the molecule is CC(C)(C)c1cc(NC(=O)CN2CCN(C3CCS(=O)(=O)C3)CC2)n(-c2ccccc2)n1. The van der Waals surface area contributed by atoms with Crippen LogP contribution in [0, 0.1) is 0 Å². The zero-order chi connectivity index (χ0) is 22.9. The minimum absolute atomic E-state index is 0.0700. The van der Waals surface area contributed by atoms with E-state index in [1.807, 2.05) is 36.4 Å². The van der Waals surface area contributed by atoms with E-state index in [0.717, 1.165) is 44.0 Å². The molecule has 1 aromatic heterocycles. The number of aromatic nitrogens is 2. The van der Waals surface area contributed by atoms with Crippen molar-refractivity contribution in [3.63, 3.8) is 0 Å². The Hall–Kier alpha value is -2.23. The van der Waals surface area contributed by atoms with E-state index in [-0.39, 0.29) is 23.1 Å². The van der Waals surface area contributed by atoms with Gasteiger partial charge >= 0.3 is 0 Å². The van der Waals surface area contributed by atoms with Gasteiger partial charge in [0.2, 0.25) is 5.91 Å². The summed E-state index contributed by atoms with van der Waals surface area (Å²) in [5, 5.41) is 7.80. The highest BCUT2D eigenvalue weighted by atomic mass is 32.2. The van der Waals surface area contributed by atoms with Crippen molar-refractivity contribution in [1.29, 1.82) is 0 Å². The van der Waals surface area contributed by atoms with Gasteiger partial charge in [-0.2, -0.15) is 5.10 Å². The fourth-order valence-corrected chi connectivity index (χ4v) is 6.10. The van der Waals surface area contributed by atoms with E-state index in [0.29, 0.717) is 18.1 Å². The predicted octanol–water partition coefficient (Wildman–Crippen LogP) is 1.91. The molecule has 174 valence electrons. The smallest absolute Gasteiger partial charge is 0.239 e. The first-order chi connectivity index (χ1) is 15.1. The highest BCUT2D eigenvalue weighted by Crippen LogP contribution is 2.26. The highest BCUT2D eigenvalue weighted by Gasteiger charge is 2.34. The minimum atomic E-state index is -2.88. The van der Waals surface area contributed by atoms with Crippen LogP contribution in [0.25, 0.3) is 5.69 Å². The second-order valence-corrected chi connectivity index (χ2v) is 12.1. The Morgan fingerprint density at radius 2 is 1.81 bits per heavy atom. The second kappa shape index (κ2) is 8.96. The van der Waals surface area contributed by atoms with Gasteiger partial charge in [-0.05, 0) is 18.6 Å². The molecule has 4 rings (SSSR count). The first-order valence-electron chi connectivity index (χ1n) is 11.2. The van der Waals surface area contributed by atoms with Gasteiger partial charge in [0.15, 0.2) is 9.84 Å². The Labute approximate surface area is 190 Å². The average molecular weight is 460 g/mol. The van der Waals surface area contributed by atoms with Crippen molar-refractivity contribution in [2.24, 2.45) is 0 Å². The molecule has 1 aromatic carbocycles. The van der Waals surface area contributed by atoms with Crippen molar-refractivity contribution in [3.8, 4) is 5.69 Å². The van der Waals surface area contributed by atoms with Crippen molar-refractivity contribution >= 4 is 21.6 Å². The van der Waals surface area contributed by atoms with Crippen LogP contribution in [0.3, 0.4) is 0 Å². The number of rotatable bonds is 5. The van der Waals surface area contributed by atoms with Crippen molar-refractivity contribution in [1.82, 2.24) is 19.6 Å². The minimum Gasteiger partial charge on any atom is -0.309 e. The monoisotopic (exact) mass is 459 g/mol. The maximum atomic E-state index is 12.9. The fourth-order valence-electron chi connectivity index (χ4n) is 4.34. The van der Waals surface area contributed by atoms with Gasteiger partial charge in [0, 0.05) is 43.7 Å². The fraction of sp³-hybridized carbons (Fsp3) is 0.565. The van der Waals surface area contributed by atoms with Crippen molar-refractivity contribution in [2.45, 2.75) is 38.6 Å². The molecule has 2 aliphatic heterocycles. The second-order valence-electron chi connectivity index (χ2n) is 9.83. The third-order valence-corrected chi connectivity index (χ3v) is 8.00. The van der Waals surface area contributed by atoms with Gasteiger partial charge in [-0.1, -0.05) is 39.0 Å². The maximum Gasteiger partial charge on any atom is 0.239 e. The molecule has 2 saturated heterocycles. The van der Waals surface area contributed by atoms with Crippen LogP contribution in [0.1, 0.15) is 32.9 Å². The van der Waals surface area contributed by atoms with Crippen LogP contribution >= 0.6 is 0 Å². The van der Waals surface area contributed by atoms with E-state index in [1.54, 1.807) is 4.68 Å². The molecule has 1 amide bonds. The number of carbonyl (C=O) groups excluding carboxylic acids is 1. The Kier molecular flexibility index (Phi) is 6.42. The van der Waals surface area contributed by atoms with Crippen LogP contribution in [0.15, 0.2) is 36.4 Å². The Morgan fingerprint density at radius 1 is 1.12 bits per heavy atom. The third-order valence-electron chi connectivity index (χ3n) is 6.24. The summed E-state index contributed by atoms with van der Waals surface area (Å²) in [6.45, 7) is 9.72. The lowest BCUT2D eigenvalue weighted by Crippen LogP contribution is -2.52. The van der Waals surface area contributed by atoms with E-state index in [1.165, 1.54) is 0 Å². The quantitative estimate of drug-likeness (QED) is 0.735. The first kappa shape index (κ1) is 22.9. The standard InChI is InChI=1S/C23H33N5O3S/c1-23(2,3)20-15-21(28(25-20)18-7-5-4-6-8-18)24-22(29)16-26-10-12-27(13-11-26)19-9-14-32(30,31)17-19/h4-8,15,19H,9-14,16-17H2,1-3H3,(H,24,29). The number of sulfone groups is 1. The maximum absolute atomic E-state index is 12.9. The van der Waals surface area contributed by atoms with E-state index in [2.05, 4.69) is 35.9 Å². The lowest BCUT2D eigenvalue weighted by molar-refractivity contribution is -0.117. The molecule has 8 nitrogen and oxygen atoms in total. The largest absolute Gasteiger partial charge is 0.309 e. The summed E-state index contributed by atoms with van der Waals surface area (Å²) in [5.41, 5.74) is 1.68. The van der Waals surface area contributed by atoms with Gasteiger partial charge in [-0.15, -0.1) is 0 Å². The summed E-state index contributed by atoms with van der Waals surface area (Å²) >= 11 is 0. The molecule has 1 atom stereocenters. The molecule has 0 spiro atoms. The summed E-state index contributed by atoms with van der Waals surface area (Å²) in [7, 11) is -2.88. The van der Waals surface area contributed by atoms with Crippen molar-refractivity contribution < 1.29 is 13.2 Å². The van der Waals surface area contributed by atoms with Crippen LogP contribution < -0.4 is 5.32 Å². The molecule has 9 heteroatoms. The van der Waals surface area contributed by atoms with Gasteiger partial charge in [0.25, 0.3) is 0 Å². The Balaban J connectivity index is 1.38. The molecule has 1 unspecified atom stereocenters. The molecule has 2 aliphatic rings. The number of piperazine rings is 1. The molecule has 2 fully saturated rings. The van der Waals surface area contributed by atoms with Crippen LogP contribution in [0.2, 0.25) is 0 Å². The van der Waals surface area contributed by atoms with Gasteiger partial charge in [-0.3, -0.25) is 14.6 Å². The molecule has 0 saturated carbocycles. The Bertz CT molecular complexity index is 1050. The van der Waals surface area contributed by atoms with E-state index < -0.39 is 9.84 Å². The molecule has 3 heterocycles. The molecule has 0 radical (unpaired) electrons. The number of benzene rings is 1. The van der Waals surface area contributed by atoms with Crippen molar-refractivity contribution in [2.75, 3.05) is 49.5 Å². The number of hydrogen-bond acceptors (Lipinski definition) is 6. The van der Waals surface area contributed by atoms with E-state index in [4.69, 9.17) is 5.10 Å². The van der Waals surface area contributed by atoms with Crippen LogP contribution in [-0.2, 0) is 20.0 Å². The molecular formula is C23H33N5O3S.